The summed E-state index contributed by atoms with van der Waals surface area (Å²) < 4.78 is 6.38. The van der Waals surface area contributed by atoms with Crippen LogP contribution in [0.3, 0.4) is 0 Å². The van der Waals surface area contributed by atoms with Crippen LogP contribution in [0.5, 0.6) is 0 Å². The topological polar surface area (TPSA) is 12.5 Å². The molecule has 0 unspecified atom stereocenters. The van der Waals surface area contributed by atoms with Crippen LogP contribution in [0.2, 0.25) is 0 Å². The van der Waals surface area contributed by atoms with Crippen LogP contribution in [-0.4, -0.2) is 37.7 Å². The molecule has 2 aliphatic rings. The minimum atomic E-state index is 0.335. The van der Waals surface area contributed by atoms with E-state index in [1.165, 1.54) is 51.6 Å². The van der Waals surface area contributed by atoms with Crippen molar-refractivity contribution in [1.82, 2.24) is 4.90 Å². The molecule has 0 amide bonds. The van der Waals surface area contributed by atoms with Crippen molar-refractivity contribution in [2.45, 2.75) is 79.2 Å². The highest BCUT2D eigenvalue weighted by atomic mass is 16.5. The number of hydrogen-bond acceptors (Lipinski definition) is 2. The minimum absolute atomic E-state index is 0.335. The lowest BCUT2D eigenvalue weighted by molar-refractivity contribution is -0.0533. The Kier molecular flexibility index (Phi) is 5.99. The molecule has 1 aliphatic carbocycles. The fourth-order valence-corrected chi connectivity index (χ4v) is 4.34. The van der Waals surface area contributed by atoms with E-state index in [0.717, 1.165) is 18.4 Å². The van der Waals surface area contributed by atoms with Gasteiger partial charge in [-0.3, -0.25) is 0 Å². The van der Waals surface area contributed by atoms with Gasteiger partial charge in [0, 0.05) is 0 Å². The summed E-state index contributed by atoms with van der Waals surface area (Å²) in [4.78, 5) is 2.46. The number of nitrogens with zero attached hydrogens (tertiary/aromatic N) is 1. The van der Waals surface area contributed by atoms with Crippen LogP contribution in [0, 0.1) is 22.7 Å². The molecule has 2 fully saturated rings. The molecule has 0 atom stereocenters. The summed E-state index contributed by atoms with van der Waals surface area (Å²) in [6, 6.07) is 0. The normalized spacial score (nSPS) is 29.7. The first-order valence-electron chi connectivity index (χ1n) is 9.48. The van der Waals surface area contributed by atoms with Gasteiger partial charge in [-0.1, -0.05) is 34.6 Å². The molecule has 2 rings (SSSR count). The van der Waals surface area contributed by atoms with Crippen molar-refractivity contribution >= 4 is 0 Å². The molecule has 0 N–H and O–H groups in total. The molecule has 2 heteroatoms. The van der Waals surface area contributed by atoms with E-state index >= 15 is 0 Å². The third-order valence-corrected chi connectivity index (χ3v) is 6.41. The smallest absolute Gasteiger partial charge is 0.0575 e. The maximum atomic E-state index is 6.38. The fraction of sp³-hybridized carbons (Fsp3) is 1.00. The molecule has 0 spiro atoms. The fourth-order valence-electron chi connectivity index (χ4n) is 4.34. The summed E-state index contributed by atoms with van der Waals surface area (Å²) in [5.41, 5.74) is 0.806. The van der Waals surface area contributed by atoms with E-state index in [9.17, 15) is 0 Å². The van der Waals surface area contributed by atoms with E-state index in [0.29, 0.717) is 16.9 Å². The molecule has 0 bridgehead atoms. The van der Waals surface area contributed by atoms with E-state index in [4.69, 9.17) is 4.74 Å². The number of piperidine rings is 1. The molecule has 1 saturated carbocycles. The summed E-state index contributed by atoms with van der Waals surface area (Å²) in [6.07, 6.45) is 8.43. The van der Waals surface area contributed by atoms with Crippen molar-refractivity contribution in [3.05, 3.63) is 0 Å². The zero-order valence-corrected chi connectivity index (χ0v) is 16.0. The maximum absolute atomic E-state index is 6.38. The van der Waals surface area contributed by atoms with Crippen LogP contribution >= 0.6 is 0 Å². The standard InChI is InChI=1S/C20H39NO/c1-19(2,3)16-7-9-18(10-8-16)22-15-20(4,5)17-11-13-21(6)14-12-17/h16-18H,7-15H2,1-6H3. The summed E-state index contributed by atoms with van der Waals surface area (Å²) in [6.45, 7) is 15.5. The zero-order valence-electron chi connectivity index (χ0n) is 16.0. The number of rotatable bonds is 4. The van der Waals surface area contributed by atoms with Crippen LogP contribution in [-0.2, 0) is 4.74 Å². The van der Waals surface area contributed by atoms with Gasteiger partial charge >= 0.3 is 0 Å². The second kappa shape index (κ2) is 7.21. The minimum Gasteiger partial charge on any atom is -0.378 e. The van der Waals surface area contributed by atoms with E-state index in [2.05, 4.69) is 46.6 Å². The van der Waals surface area contributed by atoms with E-state index in [-0.39, 0.29) is 0 Å². The lowest BCUT2D eigenvalue weighted by Gasteiger charge is -2.41. The third kappa shape index (κ3) is 4.96. The Bertz CT molecular complexity index is 328. The molecule has 1 heterocycles. The average molecular weight is 310 g/mol. The van der Waals surface area contributed by atoms with Crippen molar-refractivity contribution in [3.63, 3.8) is 0 Å². The summed E-state index contributed by atoms with van der Waals surface area (Å²) >= 11 is 0. The van der Waals surface area contributed by atoms with Gasteiger partial charge in [0.15, 0.2) is 0 Å². The molecular formula is C20H39NO. The second-order valence-corrected chi connectivity index (χ2v) is 9.72. The van der Waals surface area contributed by atoms with Crippen molar-refractivity contribution in [2.24, 2.45) is 22.7 Å². The SMILES string of the molecule is CN1CCC(C(C)(C)COC2CCC(C(C)(C)C)CC2)CC1. The van der Waals surface area contributed by atoms with Gasteiger partial charge in [0.1, 0.15) is 0 Å². The summed E-state index contributed by atoms with van der Waals surface area (Å²) in [7, 11) is 2.24. The summed E-state index contributed by atoms with van der Waals surface area (Å²) in [5.74, 6) is 1.71. The molecule has 0 radical (unpaired) electrons. The highest BCUT2D eigenvalue weighted by molar-refractivity contribution is 4.85. The lowest BCUT2D eigenvalue weighted by atomic mass is 9.71. The molecule has 1 saturated heterocycles. The Labute approximate surface area is 139 Å². The lowest BCUT2D eigenvalue weighted by Crippen LogP contribution is -2.40. The number of hydrogen-bond donors (Lipinski definition) is 0. The Morgan fingerprint density at radius 2 is 1.36 bits per heavy atom. The van der Waals surface area contributed by atoms with Gasteiger partial charge in [-0.05, 0) is 81.3 Å². The van der Waals surface area contributed by atoms with Crippen molar-refractivity contribution in [2.75, 3.05) is 26.7 Å². The monoisotopic (exact) mass is 309 g/mol. The van der Waals surface area contributed by atoms with Gasteiger partial charge in [-0.15, -0.1) is 0 Å². The van der Waals surface area contributed by atoms with Crippen molar-refractivity contribution in [1.29, 1.82) is 0 Å². The highest BCUT2D eigenvalue weighted by Crippen LogP contribution is 2.40. The number of ether oxygens (including phenoxy) is 1. The summed E-state index contributed by atoms with van der Waals surface area (Å²) in [5, 5.41) is 0. The van der Waals surface area contributed by atoms with Crippen LogP contribution < -0.4 is 0 Å². The molecule has 2 nitrogen and oxygen atoms in total. The number of likely N-dealkylation sites (tertiary alicyclic amines) is 1. The van der Waals surface area contributed by atoms with Gasteiger partial charge in [0.05, 0.1) is 12.7 Å². The Balaban J connectivity index is 1.74. The first kappa shape index (κ1) is 18.3. The molecular weight excluding hydrogens is 270 g/mol. The van der Waals surface area contributed by atoms with E-state index in [1.54, 1.807) is 0 Å². The van der Waals surface area contributed by atoms with Gasteiger partial charge in [0.25, 0.3) is 0 Å². The van der Waals surface area contributed by atoms with Crippen LogP contribution in [0.1, 0.15) is 73.1 Å². The second-order valence-electron chi connectivity index (χ2n) is 9.72. The predicted octanol–water partition coefficient (Wildman–Crippen LogP) is 4.98. The maximum Gasteiger partial charge on any atom is 0.0575 e. The third-order valence-electron chi connectivity index (χ3n) is 6.41. The molecule has 0 aromatic rings. The predicted molar refractivity (Wildman–Crippen MR) is 95.2 cm³/mol. The molecule has 1 aliphatic heterocycles. The zero-order chi connectivity index (χ0) is 16.4. The van der Waals surface area contributed by atoms with Gasteiger partial charge in [0.2, 0.25) is 0 Å². The van der Waals surface area contributed by atoms with Gasteiger partial charge in [-0.25, -0.2) is 0 Å². The molecule has 22 heavy (non-hydrogen) atoms. The molecule has 0 aromatic heterocycles. The Hall–Kier alpha value is -0.0800. The van der Waals surface area contributed by atoms with E-state index < -0.39 is 0 Å². The van der Waals surface area contributed by atoms with Crippen LogP contribution in [0.15, 0.2) is 0 Å². The van der Waals surface area contributed by atoms with Gasteiger partial charge < -0.3 is 9.64 Å². The van der Waals surface area contributed by atoms with Crippen LogP contribution in [0.25, 0.3) is 0 Å². The Morgan fingerprint density at radius 3 is 1.86 bits per heavy atom. The highest BCUT2D eigenvalue weighted by Gasteiger charge is 2.34. The van der Waals surface area contributed by atoms with Crippen molar-refractivity contribution < 1.29 is 4.74 Å². The quantitative estimate of drug-likeness (QED) is 0.726. The largest absolute Gasteiger partial charge is 0.378 e. The van der Waals surface area contributed by atoms with Crippen LogP contribution in [0.4, 0.5) is 0 Å². The van der Waals surface area contributed by atoms with Crippen molar-refractivity contribution in [3.8, 4) is 0 Å². The molecule has 0 aromatic carbocycles. The molecule has 130 valence electrons. The first-order chi connectivity index (χ1) is 10.2. The Morgan fingerprint density at radius 1 is 0.818 bits per heavy atom. The van der Waals surface area contributed by atoms with E-state index in [1.807, 2.05) is 0 Å². The average Bonchev–Trinajstić information content (AvgIpc) is 2.45. The first-order valence-corrected chi connectivity index (χ1v) is 9.48. The van der Waals surface area contributed by atoms with Gasteiger partial charge in [-0.2, -0.15) is 0 Å².